The summed E-state index contributed by atoms with van der Waals surface area (Å²) in [7, 11) is 0. The maximum absolute atomic E-state index is 12.8. The highest BCUT2D eigenvalue weighted by Gasteiger charge is 2.25. The van der Waals surface area contributed by atoms with Crippen molar-refractivity contribution in [2.45, 2.75) is 38.3 Å². The Morgan fingerprint density at radius 1 is 1.20 bits per heavy atom. The zero-order chi connectivity index (χ0) is 21.1. The first-order chi connectivity index (χ1) is 14.5. The molecule has 1 fully saturated rings. The van der Waals surface area contributed by atoms with E-state index in [2.05, 4.69) is 26.0 Å². The molecule has 1 aliphatic rings. The van der Waals surface area contributed by atoms with Crippen molar-refractivity contribution in [3.05, 3.63) is 59.1 Å². The van der Waals surface area contributed by atoms with E-state index in [9.17, 15) is 9.59 Å². The van der Waals surface area contributed by atoms with E-state index in [0.29, 0.717) is 28.5 Å². The number of carbonyl (C=O) groups excluding carboxylic acids is 2. The fraction of sp³-hybridized carbons (Fsp3) is 0.286. The molecule has 0 aliphatic heterocycles. The molecule has 2 amide bonds. The fourth-order valence-corrected chi connectivity index (χ4v) is 3.11. The van der Waals surface area contributed by atoms with Crippen LogP contribution < -0.4 is 10.6 Å². The van der Waals surface area contributed by atoms with Gasteiger partial charge in [0.05, 0.1) is 0 Å². The Bertz CT molecular complexity index is 1060. The van der Waals surface area contributed by atoms with Gasteiger partial charge in [0, 0.05) is 27.9 Å². The predicted octanol–water partition coefficient (Wildman–Crippen LogP) is 3.48. The second-order valence-corrected chi connectivity index (χ2v) is 7.62. The summed E-state index contributed by atoms with van der Waals surface area (Å²) in [6, 6.07) is 13.6. The van der Waals surface area contributed by atoms with Gasteiger partial charge in [0.2, 0.25) is 5.82 Å². The SMILES string of the molecule is CC[C@H](C(=O)Nc1cccc(C(=O)NC2CC2)c1)n1nnc(-c2ccc(Cl)cc2)n1. The van der Waals surface area contributed by atoms with Crippen molar-refractivity contribution in [2.75, 3.05) is 5.32 Å². The van der Waals surface area contributed by atoms with Crippen LogP contribution in [-0.2, 0) is 4.79 Å². The van der Waals surface area contributed by atoms with E-state index in [1.165, 1.54) is 4.80 Å². The molecular formula is C21H21ClN6O2. The zero-order valence-corrected chi connectivity index (χ0v) is 17.1. The van der Waals surface area contributed by atoms with Gasteiger partial charge in [-0.25, -0.2) is 0 Å². The van der Waals surface area contributed by atoms with Crippen molar-refractivity contribution in [1.82, 2.24) is 25.5 Å². The lowest BCUT2D eigenvalue weighted by Gasteiger charge is -2.14. The van der Waals surface area contributed by atoms with E-state index in [0.717, 1.165) is 18.4 Å². The number of anilines is 1. The number of amides is 2. The third-order valence-corrected chi connectivity index (χ3v) is 5.06. The predicted molar refractivity (Wildman–Crippen MR) is 113 cm³/mol. The van der Waals surface area contributed by atoms with Gasteiger partial charge in [0.15, 0.2) is 6.04 Å². The normalized spacial score (nSPS) is 14.2. The summed E-state index contributed by atoms with van der Waals surface area (Å²) in [6.45, 7) is 1.87. The molecule has 1 saturated carbocycles. The summed E-state index contributed by atoms with van der Waals surface area (Å²) in [5, 5.41) is 18.9. The lowest BCUT2D eigenvalue weighted by Crippen LogP contribution is -2.28. The summed E-state index contributed by atoms with van der Waals surface area (Å²) in [6.07, 6.45) is 2.51. The molecule has 0 unspecified atom stereocenters. The first-order valence-electron chi connectivity index (χ1n) is 9.80. The van der Waals surface area contributed by atoms with Crippen molar-refractivity contribution in [3.8, 4) is 11.4 Å². The van der Waals surface area contributed by atoms with E-state index in [-0.39, 0.29) is 17.9 Å². The Morgan fingerprint density at radius 2 is 1.97 bits per heavy atom. The molecule has 0 spiro atoms. The monoisotopic (exact) mass is 424 g/mol. The first-order valence-corrected chi connectivity index (χ1v) is 10.2. The van der Waals surface area contributed by atoms with Crippen LogP contribution in [0.3, 0.4) is 0 Å². The highest BCUT2D eigenvalue weighted by Crippen LogP contribution is 2.21. The van der Waals surface area contributed by atoms with Gasteiger partial charge in [0.25, 0.3) is 11.8 Å². The summed E-state index contributed by atoms with van der Waals surface area (Å²) in [5.74, 6) is 0.000146. The molecule has 1 heterocycles. The average Bonchev–Trinajstić information content (AvgIpc) is 3.43. The molecule has 0 radical (unpaired) electrons. The van der Waals surface area contributed by atoms with Crippen LogP contribution in [0.1, 0.15) is 42.6 Å². The molecule has 2 N–H and O–H groups in total. The van der Waals surface area contributed by atoms with Crippen LogP contribution in [0.5, 0.6) is 0 Å². The quantitative estimate of drug-likeness (QED) is 0.604. The molecule has 2 aromatic carbocycles. The topological polar surface area (TPSA) is 102 Å². The van der Waals surface area contributed by atoms with Gasteiger partial charge in [-0.2, -0.15) is 4.80 Å². The Balaban J connectivity index is 1.47. The summed E-state index contributed by atoms with van der Waals surface area (Å²) < 4.78 is 0. The fourth-order valence-electron chi connectivity index (χ4n) is 2.99. The Kier molecular flexibility index (Phi) is 5.76. The van der Waals surface area contributed by atoms with E-state index in [4.69, 9.17) is 11.6 Å². The van der Waals surface area contributed by atoms with Crippen molar-refractivity contribution in [1.29, 1.82) is 0 Å². The van der Waals surface area contributed by atoms with Crippen molar-refractivity contribution in [2.24, 2.45) is 0 Å². The zero-order valence-electron chi connectivity index (χ0n) is 16.4. The van der Waals surface area contributed by atoms with Crippen molar-refractivity contribution < 1.29 is 9.59 Å². The van der Waals surface area contributed by atoms with Gasteiger partial charge >= 0.3 is 0 Å². The van der Waals surface area contributed by atoms with Gasteiger partial charge in [-0.15, -0.1) is 10.2 Å². The van der Waals surface area contributed by atoms with Crippen LogP contribution in [0.15, 0.2) is 48.5 Å². The molecule has 154 valence electrons. The third kappa shape index (κ3) is 4.65. The second-order valence-electron chi connectivity index (χ2n) is 7.18. The minimum atomic E-state index is -0.637. The highest BCUT2D eigenvalue weighted by atomic mass is 35.5. The Hall–Kier alpha value is -3.26. The van der Waals surface area contributed by atoms with Gasteiger partial charge in [-0.1, -0.05) is 24.6 Å². The maximum atomic E-state index is 12.8. The molecule has 1 aromatic heterocycles. The number of nitrogens with zero attached hydrogens (tertiary/aromatic N) is 4. The molecule has 1 atom stereocenters. The van der Waals surface area contributed by atoms with Gasteiger partial charge in [-0.3, -0.25) is 9.59 Å². The molecule has 4 rings (SSSR count). The standard InChI is InChI=1S/C21H21ClN6O2/c1-2-18(28-26-19(25-27-28)13-6-8-15(22)9-7-13)21(30)24-17-5-3-4-14(12-17)20(29)23-16-10-11-16/h3-9,12,16,18H,2,10-11H2,1H3,(H,23,29)(H,24,30)/t18-/m1/s1. The number of carbonyl (C=O) groups is 2. The maximum Gasteiger partial charge on any atom is 0.251 e. The molecule has 1 aliphatic carbocycles. The van der Waals surface area contributed by atoms with Gasteiger partial charge in [0.1, 0.15) is 0 Å². The number of nitrogens with one attached hydrogen (secondary N) is 2. The highest BCUT2D eigenvalue weighted by molar-refractivity contribution is 6.30. The van der Waals surface area contributed by atoms with Crippen LogP contribution in [0, 0.1) is 0 Å². The summed E-state index contributed by atoms with van der Waals surface area (Å²) in [5.41, 5.74) is 1.81. The lowest BCUT2D eigenvalue weighted by atomic mass is 10.1. The molecule has 8 nitrogen and oxygen atoms in total. The van der Waals surface area contributed by atoms with Crippen LogP contribution in [-0.4, -0.2) is 38.1 Å². The smallest absolute Gasteiger partial charge is 0.251 e. The molecule has 30 heavy (non-hydrogen) atoms. The van der Waals surface area contributed by atoms with Gasteiger partial charge < -0.3 is 10.6 Å². The van der Waals surface area contributed by atoms with Crippen LogP contribution >= 0.6 is 11.6 Å². The number of hydrogen-bond acceptors (Lipinski definition) is 5. The van der Waals surface area contributed by atoms with E-state index < -0.39 is 6.04 Å². The summed E-state index contributed by atoms with van der Waals surface area (Å²) >= 11 is 5.91. The number of aromatic nitrogens is 4. The van der Waals surface area contributed by atoms with Gasteiger partial charge in [-0.05, 0) is 66.9 Å². The molecule has 0 saturated heterocycles. The van der Waals surface area contributed by atoms with Crippen LogP contribution in [0.25, 0.3) is 11.4 Å². The Morgan fingerprint density at radius 3 is 2.67 bits per heavy atom. The molecule has 9 heteroatoms. The van der Waals surface area contributed by atoms with E-state index in [1.54, 1.807) is 48.5 Å². The molecule has 3 aromatic rings. The first kappa shape index (κ1) is 20.0. The molecule has 0 bridgehead atoms. The minimum Gasteiger partial charge on any atom is -0.349 e. The lowest BCUT2D eigenvalue weighted by molar-refractivity contribution is -0.120. The van der Waals surface area contributed by atoms with E-state index >= 15 is 0 Å². The minimum absolute atomic E-state index is 0.133. The van der Waals surface area contributed by atoms with Crippen LogP contribution in [0.2, 0.25) is 5.02 Å². The van der Waals surface area contributed by atoms with Crippen molar-refractivity contribution >= 4 is 29.1 Å². The number of halogens is 1. The number of hydrogen-bond donors (Lipinski definition) is 2. The Labute approximate surface area is 178 Å². The second kappa shape index (κ2) is 8.62. The number of rotatable bonds is 7. The molecular weight excluding hydrogens is 404 g/mol. The summed E-state index contributed by atoms with van der Waals surface area (Å²) in [4.78, 5) is 26.4. The number of benzene rings is 2. The average molecular weight is 425 g/mol. The van der Waals surface area contributed by atoms with Crippen molar-refractivity contribution in [3.63, 3.8) is 0 Å². The van der Waals surface area contributed by atoms with Crippen LogP contribution in [0.4, 0.5) is 5.69 Å². The third-order valence-electron chi connectivity index (χ3n) is 4.80. The number of tetrazole rings is 1. The van der Waals surface area contributed by atoms with E-state index in [1.807, 2.05) is 6.92 Å². The largest absolute Gasteiger partial charge is 0.349 e.